The van der Waals surface area contributed by atoms with E-state index in [1.807, 2.05) is 40.7 Å². The van der Waals surface area contributed by atoms with E-state index in [4.69, 9.17) is 0 Å². The molecule has 0 radical (unpaired) electrons. The molecular formula is C18H28O4. The van der Waals surface area contributed by atoms with Crippen molar-refractivity contribution in [2.24, 2.45) is 23.2 Å². The first-order valence-corrected chi connectivity index (χ1v) is 7.93. The predicted molar refractivity (Wildman–Crippen MR) is 86.6 cm³/mol. The molecule has 0 saturated heterocycles. The van der Waals surface area contributed by atoms with Crippen LogP contribution in [0.3, 0.4) is 0 Å². The number of hydrogen-bond donors (Lipinski definition) is 2. The first kappa shape index (κ1) is 18.5. The third kappa shape index (κ3) is 3.42. The molecule has 1 unspecified atom stereocenters. The Kier molecular flexibility index (Phi) is 5.60. The standard InChI is InChI=1S/C18H28O4/c1-10(2)8-18(9-11(3)4)13(6)7-12(5)14(16(19)20)15(18)17(21)22/h7,10-12H,8-9H2,1-6H3,(H,19,20)(H,21,22). The molecule has 0 aromatic carbocycles. The molecule has 0 bridgehead atoms. The van der Waals surface area contributed by atoms with Crippen LogP contribution in [-0.4, -0.2) is 22.2 Å². The van der Waals surface area contributed by atoms with E-state index in [0.717, 1.165) is 5.57 Å². The van der Waals surface area contributed by atoms with Gasteiger partial charge in [-0.3, -0.25) is 0 Å². The van der Waals surface area contributed by atoms with Crippen LogP contribution in [0.5, 0.6) is 0 Å². The maximum absolute atomic E-state index is 12.0. The monoisotopic (exact) mass is 308 g/mol. The van der Waals surface area contributed by atoms with Crippen molar-refractivity contribution in [2.45, 2.75) is 54.4 Å². The number of aliphatic carboxylic acids is 2. The highest BCUT2D eigenvalue weighted by atomic mass is 16.4. The van der Waals surface area contributed by atoms with E-state index in [1.54, 1.807) is 6.92 Å². The summed E-state index contributed by atoms with van der Waals surface area (Å²) in [6.45, 7) is 11.9. The van der Waals surface area contributed by atoms with Gasteiger partial charge in [-0.25, -0.2) is 9.59 Å². The highest BCUT2D eigenvalue weighted by molar-refractivity contribution is 6.01. The predicted octanol–water partition coefficient (Wildman–Crippen LogP) is 4.13. The fraction of sp³-hybridized carbons (Fsp3) is 0.667. The van der Waals surface area contributed by atoms with Gasteiger partial charge in [0.05, 0.1) is 11.1 Å². The van der Waals surface area contributed by atoms with Crippen molar-refractivity contribution in [1.82, 2.24) is 0 Å². The average Bonchev–Trinajstić information content (AvgIpc) is 2.30. The van der Waals surface area contributed by atoms with Gasteiger partial charge in [0.15, 0.2) is 0 Å². The maximum atomic E-state index is 12.0. The quantitative estimate of drug-likeness (QED) is 0.724. The molecule has 1 aliphatic rings. The van der Waals surface area contributed by atoms with Gasteiger partial charge in [0.1, 0.15) is 0 Å². The van der Waals surface area contributed by atoms with Gasteiger partial charge in [0.2, 0.25) is 0 Å². The molecule has 0 aromatic heterocycles. The molecule has 1 rings (SSSR count). The molecule has 0 amide bonds. The van der Waals surface area contributed by atoms with Crippen molar-refractivity contribution in [3.05, 3.63) is 22.8 Å². The van der Waals surface area contributed by atoms with Gasteiger partial charge in [-0.05, 0) is 31.6 Å². The summed E-state index contributed by atoms with van der Waals surface area (Å²) in [6, 6.07) is 0. The molecule has 0 saturated carbocycles. The van der Waals surface area contributed by atoms with Crippen LogP contribution in [0.4, 0.5) is 0 Å². The number of carbonyl (C=O) groups is 2. The zero-order valence-corrected chi connectivity index (χ0v) is 14.4. The Morgan fingerprint density at radius 1 is 1.09 bits per heavy atom. The molecule has 1 aliphatic carbocycles. The molecular weight excluding hydrogens is 280 g/mol. The van der Waals surface area contributed by atoms with Crippen molar-refractivity contribution in [3.63, 3.8) is 0 Å². The first-order valence-electron chi connectivity index (χ1n) is 7.93. The van der Waals surface area contributed by atoms with Gasteiger partial charge >= 0.3 is 11.9 Å². The second-order valence-electron chi connectivity index (χ2n) is 7.32. The van der Waals surface area contributed by atoms with Crippen LogP contribution >= 0.6 is 0 Å². The van der Waals surface area contributed by atoms with Crippen LogP contribution < -0.4 is 0 Å². The van der Waals surface area contributed by atoms with Gasteiger partial charge in [0.25, 0.3) is 0 Å². The van der Waals surface area contributed by atoms with E-state index in [1.165, 1.54) is 0 Å². The normalized spacial score (nSPS) is 21.3. The zero-order valence-electron chi connectivity index (χ0n) is 14.4. The van der Waals surface area contributed by atoms with E-state index in [0.29, 0.717) is 12.8 Å². The largest absolute Gasteiger partial charge is 0.478 e. The second kappa shape index (κ2) is 6.67. The van der Waals surface area contributed by atoms with Gasteiger partial charge in [-0.15, -0.1) is 0 Å². The Bertz CT molecular complexity index is 513. The minimum atomic E-state index is -1.12. The smallest absolute Gasteiger partial charge is 0.333 e. The Labute approximate surface area is 132 Å². The highest BCUT2D eigenvalue weighted by Gasteiger charge is 2.46. The van der Waals surface area contributed by atoms with Crippen LogP contribution in [-0.2, 0) is 9.59 Å². The van der Waals surface area contributed by atoms with Crippen molar-refractivity contribution < 1.29 is 19.8 Å². The lowest BCUT2D eigenvalue weighted by molar-refractivity contribution is -0.137. The van der Waals surface area contributed by atoms with E-state index < -0.39 is 17.4 Å². The molecule has 4 heteroatoms. The third-order valence-electron chi connectivity index (χ3n) is 4.42. The summed E-state index contributed by atoms with van der Waals surface area (Å²) in [7, 11) is 0. The van der Waals surface area contributed by atoms with Gasteiger partial charge in [-0.1, -0.05) is 46.3 Å². The lowest BCUT2D eigenvalue weighted by atomic mass is 9.60. The summed E-state index contributed by atoms with van der Waals surface area (Å²) in [5.41, 5.74) is 0.438. The second-order valence-corrected chi connectivity index (χ2v) is 7.32. The Morgan fingerprint density at radius 3 is 1.86 bits per heavy atom. The maximum Gasteiger partial charge on any atom is 0.333 e. The molecule has 4 nitrogen and oxygen atoms in total. The van der Waals surface area contributed by atoms with Crippen LogP contribution in [0.1, 0.15) is 54.4 Å². The third-order valence-corrected chi connectivity index (χ3v) is 4.42. The van der Waals surface area contributed by atoms with Gasteiger partial charge in [0, 0.05) is 11.3 Å². The fourth-order valence-electron chi connectivity index (χ4n) is 3.93. The molecule has 124 valence electrons. The molecule has 2 N–H and O–H groups in total. The molecule has 1 atom stereocenters. The summed E-state index contributed by atoms with van der Waals surface area (Å²) >= 11 is 0. The molecule has 0 aromatic rings. The van der Waals surface area contributed by atoms with E-state index >= 15 is 0 Å². The van der Waals surface area contributed by atoms with Crippen LogP contribution in [0.2, 0.25) is 0 Å². The number of rotatable bonds is 6. The first-order chi connectivity index (χ1) is 10.0. The van der Waals surface area contributed by atoms with E-state index in [-0.39, 0.29) is 28.9 Å². The van der Waals surface area contributed by atoms with Crippen LogP contribution in [0, 0.1) is 23.2 Å². The molecule has 0 aliphatic heterocycles. The van der Waals surface area contributed by atoms with E-state index in [2.05, 4.69) is 0 Å². The summed E-state index contributed by atoms with van der Waals surface area (Å²) in [4.78, 5) is 23.7. The van der Waals surface area contributed by atoms with Gasteiger partial charge in [-0.2, -0.15) is 0 Å². The average molecular weight is 308 g/mol. The molecule has 0 heterocycles. The zero-order chi connectivity index (χ0) is 17.2. The fourth-order valence-corrected chi connectivity index (χ4v) is 3.93. The summed E-state index contributed by atoms with van der Waals surface area (Å²) in [5, 5.41) is 19.4. The Morgan fingerprint density at radius 2 is 1.55 bits per heavy atom. The SMILES string of the molecule is CC1=CC(C)C(C(=O)O)=C(C(=O)O)C1(CC(C)C)CC(C)C. The Balaban J connectivity index is 3.69. The van der Waals surface area contributed by atoms with Crippen molar-refractivity contribution in [1.29, 1.82) is 0 Å². The van der Waals surface area contributed by atoms with Crippen molar-refractivity contribution >= 4 is 11.9 Å². The lowest BCUT2D eigenvalue weighted by Gasteiger charge is -2.43. The topological polar surface area (TPSA) is 74.6 Å². The number of allylic oxidation sites excluding steroid dienone is 2. The number of hydrogen-bond acceptors (Lipinski definition) is 2. The van der Waals surface area contributed by atoms with Crippen molar-refractivity contribution in [2.75, 3.05) is 0 Å². The molecule has 0 fully saturated rings. The summed E-state index contributed by atoms with van der Waals surface area (Å²) in [5.74, 6) is -2.04. The van der Waals surface area contributed by atoms with Crippen molar-refractivity contribution in [3.8, 4) is 0 Å². The van der Waals surface area contributed by atoms with Crippen LogP contribution in [0.25, 0.3) is 0 Å². The Hall–Kier alpha value is -1.58. The molecule has 0 spiro atoms. The molecule has 22 heavy (non-hydrogen) atoms. The van der Waals surface area contributed by atoms with Crippen LogP contribution in [0.15, 0.2) is 22.8 Å². The highest BCUT2D eigenvalue weighted by Crippen LogP contribution is 2.51. The summed E-state index contributed by atoms with van der Waals surface area (Å²) in [6.07, 6.45) is 3.23. The minimum absolute atomic E-state index is 0.0411. The van der Waals surface area contributed by atoms with E-state index in [9.17, 15) is 19.8 Å². The number of carboxylic acids is 2. The summed E-state index contributed by atoms with van der Waals surface area (Å²) < 4.78 is 0. The minimum Gasteiger partial charge on any atom is -0.478 e. The van der Waals surface area contributed by atoms with Gasteiger partial charge < -0.3 is 10.2 Å². The number of carboxylic acid groups (broad SMARTS) is 2. The lowest BCUT2D eigenvalue weighted by Crippen LogP contribution is -2.38.